The summed E-state index contributed by atoms with van der Waals surface area (Å²) in [6.45, 7) is 9.29. The van der Waals surface area contributed by atoms with Crippen LogP contribution in [0.15, 0.2) is 41.5 Å². The predicted octanol–water partition coefficient (Wildman–Crippen LogP) is 1.60. The first-order chi connectivity index (χ1) is 19.5. The van der Waals surface area contributed by atoms with E-state index in [9.17, 15) is 30.0 Å². The monoisotopic (exact) mass is 588 g/mol. The van der Waals surface area contributed by atoms with E-state index in [2.05, 4.69) is 0 Å². The highest BCUT2D eigenvalue weighted by atomic mass is 16.9. The number of rotatable bonds is 4. The molecule has 0 radical (unpaired) electrons. The molecule has 1 aromatic carbocycles. The lowest BCUT2D eigenvalue weighted by Crippen LogP contribution is -2.75. The van der Waals surface area contributed by atoms with Gasteiger partial charge in [-0.25, -0.2) is 4.79 Å². The minimum atomic E-state index is -1.62. The average molecular weight is 589 g/mol. The summed E-state index contributed by atoms with van der Waals surface area (Å²) >= 11 is 0. The number of ether oxygens (including phenoxy) is 5. The molecule has 2 aliphatic heterocycles. The summed E-state index contributed by atoms with van der Waals surface area (Å²) in [4.78, 5) is 26.1. The molecule has 11 nitrogen and oxygen atoms in total. The summed E-state index contributed by atoms with van der Waals surface area (Å²) in [6.07, 6.45) is -7.44. The molecular weight excluding hydrogens is 548 g/mol. The van der Waals surface area contributed by atoms with E-state index in [1.54, 1.807) is 65.0 Å². The van der Waals surface area contributed by atoms with E-state index < -0.39 is 82.5 Å². The van der Waals surface area contributed by atoms with Crippen LogP contribution in [0, 0.1) is 16.7 Å². The van der Waals surface area contributed by atoms with Gasteiger partial charge in [-0.05, 0) is 50.5 Å². The first-order valence-corrected chi connectivity index (χ1v) is 14.4. The van der Waals surface area contributed by atoms with Crippen LogP contribution in [0.1, 0.15) is 64.7 Å². The van der Waals surface area contributed by atoms with Gasteiger partial charge >= 0.3 is 11.9 Å². The second-order valence-electron chi connectivity index (χ2n) is 13.4. The summed E-state index contributed by atoms with van der Waals surface area (Å²) in [6, 6.07) is 8.29. The van der Waals surface area contributed by atoms with Crippen molar-refractivity contribution in [3.63, 3.8) is 0 Å². The fraction of sp³-hybridized carbons (Fsp3) is 0.677. The highest BCUT2D eigenvalue weighted by Crippen LogP contribution is 2.70. The van der Waals surface area contributed by atoms with Gasteiger partial charge in [-0.1, -0.05) is 25.1 Å². The smallest absolute Gasteiger partial charge is 0.338 e. The standard InChI is InChI=1S/C31H40O11/c1-15-18(33)13-30(27(3,4)37)21(15)22(35)24(40-26(36)17-10-8-7-9-11-17)28(5)20(39-16(2)32)12-19(34)31-14-38-29(6,42-31)41-25(30)23(28)31/h7-11,18-20,22-25,33-35,37H,12-14H2,1-6H3. The van der Waals surface area contributed by atoms with Crippen molar-refractivity contribution >= 4 is 11.9 Å². The molecule has 4 N–H and O–H groups in total. The lowest BCUT2D eigenvalue weighted by atomic mass is 9.50. The Hall–Kier alpha value is -2.38. The third-order valence-corrected chi connectivity index (χ3v) is 10.7. The van der Waals surface area contributed by atoms with Crippen LogP contribution in [-0.2, 0) is 28.5 Å². The molecule has 42 heavy (non-hydrogen) atoms. The van der Waals surface area contributed by atoms with E-state index in [1.807, 2.05) is 0 Å². The minimum absolute atomic E-state index is 0.0220. The summed E-state index contributed by atoms with van der Waals surface area (Å²) in [5.41, 5.74) is -5.01. The third kappa shape index (κ3) is 3.77. The van der Waals surface area contributed by atoms with Gasteiger partial charge in [-0.3, -0.25) is 4.79 Å². The molecule has 11 atom stereocenters. The van der Waals surface area contributed by atoms with Crippen LogP contribution in [0.25, 0.3) is 0 Å². The van der Waals surface area contributed by atoms with Crippen LogP contribution in [0.5, 0.6) is 0 Å². The second-order valence-corrected chi connectivity index (χ2v) is 13.4. The van der Waals surface area contributed by atoms with Crippen molar-refractivity contribution in [2.45, 2.75) is 108 Å². The van der Waals surface area contributed by atoms with Crippen molar-refractivity contribution in [2.75, 3.05) is 6.61 Å². The molecule has 11 unspecified atom stereocenters. The van der Waals surface area contributed by atoms with E-state index in [1.165, 1.54) is 6.92 Å². The van der Waals surface area contributed by atoms with Crippen molar-refractivity contribution in [3.8, 4) is 0 Å². The van der Waals surface area contributed by atoms with Gasteiger partial charge < -0.3 is 44.1 Å². The molecule has 2 heterocycles. The topological polar surface area (TPSA) is 161 Å². The summed E-state index contributed by atoms with van der Waals surface area (Å²) < 4.78 is 31.1. The number of aliphatic hydroxyl groups excluding tert-OH is 3. The maximum Gasteiger partial charge on any atom is 0.338 e. The minimum Gasteiger partial charge on any atom is -0.462 e. The molecule has 5 aliphatic rings. The molecule has 230 valence electrons. The van der Waals surface area contributed by atoms with Crippen LogP contribution in [0.4, 0.5) is 0 Å². The SMILES string of the molecule is CC(=O)OC1CC(O)C23COC(C)(OC4C2C1(C)C(OC(=O)c1ccccc1)C(O)C1=C(C)C(O)CC14C(C)(C)O)O3. The van der Waals surface area contributed by atoms with Crippen molar-refractivity contribution in [1.82, 2.24) is 0 Å². The van der Waals surface area contributed by atoms with Gasteiger partial charge in [0, 0.05) is 26.2 Å². The molecule has 2 saturated carbocycles. The first-order valence-electron chi connectivity index (χ1n) is 14.4. The van der Waals surface area contributed by atoms with Crippen molar-refractivity contribution < 1.29 is 53.7 Å². The van der Waals surface area contributed by atoms with Gasteiger partial charge in [-0.15, -0.1) is 0 Å². The number of aliphatic hydroxyl groups is 4. The molecule has 1 spiro atoms. The maximum atomic E-state index is 13.7. The Morgan fingerprint density at radius 2 is 1.74 bits per heavy atom. The third-order valence-electron chi connectivity index (χ3n) is 10.7. The molecule has 6 rings (SSSR count). The van der Waals surface area contributed by atoms with Crippen LogP contribution in [0.3, 0.4) is 0 Å². The number of benzene rings is 1. The Kier molecular flexibility index (Phi) is 6.58. The highest BCUT2D eigenvalue weighted by molar-refractivity contribution is 5.89. The maximum absolute atomic E-state index is 13.7. The summed E-state index contributed by atoms with van der Waals surface area (Å²) in [5.74, 6) is -3.93. The van der Waals surface area contributed by atoms with E-state index in [0.29, 0.717) is 5.57 Å². The number of hydrogen-bond acceptors (Lipinski definition) is 11. The molecule has 4 fully saturated rings. The van der Waals surface area contributed by atoms with Crippen LogP contribution in [-0.4, -0.2) is 92.8 Å². The fourth-order valence-electron chi connectivity index (χ4n) is 8.85. The second kappa shape index (κ2) is 9.31. The van der Waals surface area contributed by atoms with E-state index in [4.69, 9.17) is 23.7 Å². The normalized spacial score (nSPS) is 46.0. The zero-order valence-electron chi connectivity index (χ0n) is 24.7. The van der Waals surface area contributed by atoms with Crippen LogP contribution < -0.4 is 0 Å². The van der Waals surface area contributed by atoms with Gasteiger partial charge in [0.05, 0.1) is 46.9 Å². The van der Waals surface area contributed by atoms with Crippen molar-refractivity contribution in [3.05, 3.63) is 47.0 Å². The molecule has 1 aromatic rings. The molecule has 11 heteroatoms. The highest BCUT2D eigenvalue weighted by Gasteiger charge is 2.81. The van der Waals surface area contributed by atoms with Crippen molar-refractivity contribution in [1.29, 1.82) is 0 Å². The molecular formula is C31H40O11. The van der Waals surface area contributed by atoms with Gasteiger partial charge in [0.2, 0.25) is 0 Å². The number of hydrogen-bond donors (Lipinski definition) is 4. The Morgan fingerprint density at radius 3 is 2.36 bits per heavy atom. The first kappa shape index (κ1) is 29.7. The molecule has 0 amide bonds. The zero-order chi connectivity index (χ0) is 30.6. The fourth-order valence-corrected chi connectivity index (χ4v) is 8.85. The van der Waals surface area contributed by atoms with Crippen LogP contribution in [0.2, 0.25) is 0 Å². The lowest BCUT2D eigenvalue weighted by molar-refractivity contribution is -0.435. The molecule has 0 aromatic heterocycles. The van der Waals surface area contributed by atoms with Gasteiger partial charge in [0.25, 0.3) is 5.97 Å². The van der Waals surface area contributed by atoms with Gasteiger partial charge in [-0.2, -0.15) is 0 Å². The Bertz CT molecular complexity index is 1320. The number of carbonyl (C=O) groups excluding carboxylic acids is 2. The zero-order valence-corrected chi connectivity index (χ0v) is 24.7. The van der Waals surface area contributed by atoms with E-state index >= 15 is 0 Å². The van der Waals surface area contributed by atoms with Crippen LogP contribution >= 0.6 is 0 Å². The summed E-state index contributed by atoms with van der Waals surface area (Å²) in [7, 11) is 0. The lowest BCUT2D eigenvalue weighted by Gasteiger charge is -2.63. The van der Waals surface area contributed by atoms with Crippen molar-refractivity contribution in [2.24, 2.45) is 16.7 Å². The quantitative estimate of drug-likeness (QED) is 0.299. The summed E-state index contributed by atoms with van der Waals surface area (Å²) in [5, 5.41) is 47.4. The molecule has 3 aliphatic carbocycles. The predicted molar refractivity (Wildman–Crippen MR) is 145 cm³/mol. The molecule has 2 saturated heterocycles. The Labute approximate surface area is 244 Å². The number of esters is 2. The average Bonchev–Trinajstić information content (AvgIpc) is 3.33. The largest absolute Gasteiger partial charge is 0.462 e. The molecule has 2 bridgehead atoms. The number of carbonyl (C=O) groups is 2. The van der Waals surface area contributed by atoms with Gasteiger partial charge in [0.1, 0.15) is 23.9 Å². The Morgan fingerprint density at radius 1 is 1.07 bits per heavy atom. The Balaban J connectivity index is 1.66. The van der Waals surface area contributed by atoms with Gasteiger partial charge in [0.15, 0.2) is 0 Å². The van der Waals surface area contributed by atoms with E-state index in [0.717, 1.165) is 0 Å². The number of fused-ring (bicyclic) bond motifs is 3. The van der Waals surface area contributed by atoms with E-state index in [-0.39, 0.29) is 30.6 Å².